The molecule has 8 heteroatoms. The fourth-order valence-electron chi connectivity index (χ4n) is 1.99. The Bertz CT molecular complexity index is 578. The fraction of sp³-hybridized carbons (Fsp3) is 0.400. The standard InChI is InChI=1S/C10H10ClFN2O3S/c11-10-8(2-1-3-13-10)14-5-7(4-9(14)15)6-18(12,16)17/h1-3,7H,4-6H2. The van der Waals surface area contributed by atoms with Gasteiger partial charge in [0.2, 0.25) is 5.91 Å². The highest BCUT2D eigenvalue weighted by Gasteiger charge is 2.34. The molecule has 1 aliphatic heterocycles. The van der Waals surface area contributed by atoms with Gasteiger partial charge in [-0.1, -0.05) is 11.6 Å². The van der Waals surface area contributed by atoms with E-state index in [1.165, 1.54) is 11.1 Å². The van der Waals surface area contributed by atoms with Crippen LogP contribution in [-0.4, -0.2) is 31.6 Å². The first kappa shape index (κ1) is 13.2. The highest BCUT2D eigenvalue weighted by Crippen LogP contribution is 2.30. The molecule has 2 heterocycles. The number of rotatable bonds is 3. The summed E-state index contributed by atoms with van der Waals surface area (Å²) in [4.78, 5) is 16.9. The number of anilines is 1. The second-order valence-corrected chi connectivity index (χ2v) is 5.86. The van der Waals surface area contributed by atoms with Gasteiger partial charge in [0.25, 0.3) is 0 Å². The van der Waals surface area contributed by atoms with E-state index in [0.717, 1.165) is 0 Å². The van der Waals surface area contributed by atoms with E-state index in [4.69, 9.17) is 11.6 Å². The minimum absolute atomic E-state index is 0.00558. The van der Waals surface area contributed by atoms with E-state index in [1.54, 1.807) is 12.1 Å². The van der Waals surface area contributed by atoms with Crippen LogP contribution in [0.2, 0.25) is 5.15 Å². The highest BCUT2D eigenvalue weighted by molar-refractivity contribution is 7.86. The van der Waals surface area contributed by atoms with Crippen LogP contribution in [0.5, 0.6) is 0 Å². The number of hydrogen-bond acceptors (Lipinski definition) is 4. The summed E-state index contributed by atoms with van der Waals surface area (Å²) in [6.07, 6.45) is 1.48. The summed E-state index contributed by atoms with van der Waals surface area (Å²) in [5.41, 5.74) is 0.419. The van der Waals surface area contributed by atoms with Gasteiger partial charge in [0, 0.05) is 25.1 Å². The molecule has 98 valence electrons. The molecule has 1 aromatic rings. The zero-order valence-electron chi connectivity index (χ0n) is 9.21. The smallest absolute Gasteiger partial charge is 0.302 e. The summed E-state index contributed by atoms with van der Waals surface area (Å²) in [6, 6.07) is 3.23. The third-order valence-corrected chi connectivity index (χ3v) is 3.83. The lowest BCUT2D eigenvalue weighted by molar-refractivity contribution is -0.117. The summed E-state index contributed by atoms with van der Waals surface area (Å²) >= 11 is 5.85. The van der Waals surface area contributed by atoms with Crippen molar-refractivity contribution < 1.29 is 17.1 Å². The Hall–Kier alpha value is -1.21. The molecule has 5 nitrogen and oxygen atoms in total. The molecule has 1 aromatic heterocycles. The van der Waals surface area contributed by atoms with Crippen molar-refractivity contribution in [3.05, 3.63) is 23.5 Å². The molecule has 0 spiro atoms. The number of carbonyl (C=O) groups is 1. The summed E-state index contributed by atoms with van der Waals surface area (Å²) in [6.45, 7) is 0.132. The van der Waals surface area contributed by atoms with Crippen molar-refractivity contribution in [1.29, 1.82) is 0 Å². The number of aromatic nitrogens is 1. The SMILES string of the molecule is O=C1CC(CS(=O)(=O)F)CN1c1cccnc1Cl. The van der Waals surface area contributed by atoms with Crippen molar-refractivity contribution >= 4 is 33.4 Å². The van der Waals surface area contributed by atoms with E-state index in [9.17, 15) is 17.1 Å². The molecule has 0 aromatic carbocycles. The number of pyridine rings is 1. The molecule has 0 bridgehead atoms. The monoisotopic (exact) mass is 292 g/mol. The first-order valence-corrected chi connectivity index (χ1v) is 7.13. The highest BCUT2D eigenvalue weighted by atomic mass is 35.5. The first-order valence-electron chi connectivity index (χ1n) is 5.20. The summed E-state index contributed by atoms with van der Waals surface area (Å²) < 4.78 is 33.7. The largest absolute Gasteiger partial charge is 0.309 e. The predicted octanol–water partition coefficient (Wildman–Crippen LogP) is 1.39. The van der Waals surface area contributed by atoms with Gasteiger partial charge in [-0.05, 0) is 12.1 Å². The molecule has 2 rings (SSSR count). The van der Waals surface area contributed by atoms with Crippen molar-refractivity contribution in [3.8, 4) is 0 Å². The molecule has 18 heavy (non-hydrogen) atoms. The van der Waals surface area contributed by atoms with Crippen LogP contribution in [0.15, 0.2) is 18.3 Å². The van der Waals surface area contributed by atoms with Gasteiger partial charge in [0.1, 0.15) is 0 Å². The van der Waals surface area contributed by atoms with Crippen LogP contribution < -0.4 is 4.90 Å². The quantitative estimate of drug-likeness (QED) is 0.624. The van der Waals surface area contributed by atoms with Gasteiger partial charge < -0.3 is 4.90 Å². The Morgan fingerprint density at radius 1 is 1.56 bits per heavy atom. The van der Waals surface area contributed by atoms with Gasteiger partial charge in [-0.3, -0.25) is 4.79 Å². The topological polar surface area (TPSA) is 67.3 Å². The maximum Gasteiger partial charge on any atom is 0.302 e. The van der Waals surface area contributed by atoms with Gasteiger partial charge in [-0.25, -0.2) is 4.98 Å². The van der Waals surface area contributed by atoms with Crippen LogP contribution in [0, 0.1) is 5.92 Å². The summed E-state index contributed by atoms with van der Waals surface area (Å²) in [5, 5.41) is 0.162. The van der Waals surface area contributed by atoms with Gasteiger partial charge >= 0.3 is 10.2 Å². The zero-order chi connectivity index (χ0) is 13.3. The van der Waals surface area contributed by atoms with E-state index < -0.39 is 21.9 Å². The molecule has 0 radical (unpaired) electrons. The summed E-state index contributed by atoms with van der Waals surface area (Å²) in [7, 11) is -4.57. The molecule has 0 aliphatic carbocycles. The van der Waals surface area contributed by atoms with Crippen LogP contribution in [0.4, 0.5) is 9.57 Å². The number of halogens is 2. The Morgan fingerprint density at radius 3 is 2.89 bits per heavy atom. The van der Waals surface area contributed by atoms with Crippen molar-refractivity contribution in [2.24, 2.45) is 5.92 Å². The molecular formula is C10H10ClFN2O3S. The fourth-order valence-corrected chi connectivity index (χ4v) is 2.99. The van der Waals surface area contributed by atoms with E-state index in [-0.39, 0.29) is 24.0 Å². The number of nitrogens with zero attached hydrogens (tertiary/aromatic N) is 2. The van der Waals surface area contributed by atoms with E-state index in [2.05, 4.69) is 4.98 Å². The van der Waals surface area contributed by atoms with Crippen molar-refractivity contribution in [2.75, 3.05) is 17.2 Å². The van der Waals surface area contributed by atoms with Gasteiger partial charge in [-0.2, -0.15) is 8.42 Å². The average molecular weight is 293 g/mol. The van der Waals surface area contributed by atoms with E-state index in [1.807, 2.05) is 0 Å². The Morgan fingerprint density at radius 2 is 2.28 bits per heavy atom. The molecule has 1 amide bonds. The molecule has 1 saturated heterocycles. The lowest BCUT2D eigenvalue weighted by Gasteiger charge is -2.16. The lowest BCUT2D eigenvalue weighted by atomic mass is 10.1. The summed E-state index contributed by atoms with van der Waals surface area (Å²) in [5.74, 6) is -1.48. The molecule has 0 saturated carbocycles. The maximum atomic E-state index is 12.6. The van der Waals surface area contributed by atoms with Crippen molar-refractivity contribution in [1.82, 2.24) is 4.98 Å². The Kier molecular flexibility index (Phi) is 3.54. The molecule has 1 unspecified atom stereocenters. The molecule has 0 N–H and O–H groups in total. The van der Waals surface area contributed by atoms with Gasteiger partial charge in [0.15, 0.2) is 5.15 Å². The van der Waals surface area contributed by atoms with E-state index >= 15 is 0 Å². The number of hydrogen-bond donors (Lipinski definition) is 0. The van der Waals surface area contributed by atoms with Gasteiger partial charge in [0.05, 0.1) is 11.4 Å². The Balaban J connectivity index is 2.18. The second kappa shape index (κ2) is 4.81. The minimum atomic E-state index is -4.57. The average Bonchev–Trinajstić information content (AvgIpc) is 2.57. The predicted molar refractivity (Wildman–Crippen MR) is 64.6 cm³/mol. The Labute approximate surface area is 109 Å². The molecule has 1 atom stereocenters. The van der Waals surface area contributed by atoms with Crippen LogP contribution in [-0.2, 0) is 15.0 Å². The normalized spacial score (nSPS) is 20.4. The minimum Gasteiger partial charge on any atom is -0.309 e. The molecule has 1 aliphatic rings. The number of amides is 1. The van der Waals surface area contributed by atoms with Gasteiger partial charge in [-0.15, -0.1) is 3.89 Å². The zero-order valence-corrected chi connectivity index (χ0v) is 10.8. The van der Waals surface area contributed by atoms with Crippen LogP contribution in [0.1, 0.15) is 6.42 Å². The first-order chi connectivity index (χ1) is 8.37. The maximum absolute atomic E-state index is 12.6. The van der Waals surface area contributed by atoms with E-state index in [0.29, 0.717) is 5.69 Å². The third kappa shape index (κ3) is 2.97. The molecule has 1 fully saturated rings. The van der Waals surface area contributed by atoms with Crippen molar-refractivity contribution in [2.45, 2.75) is 6.42 Å². The second-order valence-electron chi connectivity index (χ2n) is 4.09. The van der Waals surface area contributed by atoms with Crippen LogP contribution in [0.3, 0.4) is 0 Å². The third-order valence-electron chi connectivity index (χ3n) is 2.67. The lowest BCUT2D eigenvalue weighted by Crippen LogP contribution is -2.25. The number of carbonyl (C=O) groups excluding carboxylic acids is 1. The van der Waals surface area contributed by atoms with Crippen molar-refractivity contribution in [3.63, 3.8) is 0 Å². The van der Waals surface area contributed by atoms with Crippen LogP contribution in [0.25, 0.3) is 0 Å². The van der Waals surface area contributed by atoms with Crippen LogP contribution >= 0.6 is 11.6 Å². The molecular weight excluding hydrogens is 283 g/mol.